The van der Waals surface area contributed by atoms with Crippen molar-refractivity contribution >= 4 is 11.5 Å². The molecule has 0 aliphatic carbocycles. The Morgan fingerprint density at radius 3 is 2.95 bits per heavy atom. The van der Waals surface area contributed by atoms with E-state index in [0.717, 1.165) is 26.2 Å². The van der Waals surface area contributed by atoms with Gasteiger partial charge >= 0.3 is 0 Å². The van der Waals surface area contributed by atoms with Crippen molar-refractivity contribution in [1.29, 1.82) is 0 Å². The Balaban J connectivity index is 1.98. The number of nitrogens with zero attached hydrogens (tertiary/aromatic N) is 4. The number of hydrogen-bond donors (Lipinski definition) is 2. The fourth-order valence-electron chi connectivity index (χ4n) is 2.22. The largest absolute Gasteiger partial charge is 0.479 e. The summed E-state index contributed by atoms with van der Waals surface area (Å²) in [5.41, 5.74) is 6.39. The van der Waals surface area contributed by atoms with E-state index in [9.17, 15) is 0 Å². The first-order chi connectivity index (χ1) is 9.11. The molecule has 0 saturated carbocycles. The smallest absolute Gasteiger partial charge is 0.242 e. The monoisotopic (exact) mass is 266 g/mol. The van der Waals surface area contributed by atoms with Crippen molar-refractivity contribution in [2.75, 3.05) is 58.4 Å². The number of rotatable bonds is 4. The minimum absolute atomic E-state index is 0.409. The van der Waals surface area contributed by atoms with Crippen LogP contribution in [-0.2, 0) is 0 Å². The van der Waals surface area contributed by atoms with Crippen molar-refractivity contribution in [1.82, 2.24) is 19.8 Å². The second-order valence-corrected chi connectivity index (χ2v) is 4.92. The number of likely N-dealkylation sites (N-methyl/N-ethyl adjacent to an activating group) is 2. The second kappa shape index (κ2) is 6.03. The van der Waals surface area contributed by atoms with Crippen LogP contribution in [0.15, 0.2) is 6.33 Å². The number of nitrogens with two attached hydrogens (primary N) is 1. The summed E-state index contributed by atoms with van der Waals surface area (Å²) < 4.78 is 5.08. The SMILES string of the molecule is COc1ncnc(NCC2CN(C)CCN2C)c1N. The molecule has 0 aromatic carbocycles. The Labute approximate surface area is 113 Å². The van der Waals surface area contributed by atoms with Gasteiger partial charge in [0.25, 0.3) is 0 Å². The maximum atomic E-state index is 5.93. The molecular formula is C12H22N6O. The average molecular weight is 266 g/mol. The predicted molar refractivity (Wildman–Crippen MR) is 75.4 cm³/mol. The first kappa shape index (κ1) is 13.8. The Morgan fingerprint density at radius 1 is 1.42 bits per heavy atom. The third kappa shape index (κ3) is 3.24. The van der Waals surface area contributed by atoms with Gasteiger partial charge in [0.2, 0.25) is 5.88 Å². The number of nitrogens with one attached hydrogen (secondary N) is 1. The van der Waals surface area contributed by atoms with Crippen LogP contribution >= 0.6 is 0 Å². The summed E-state index contributed by atoms with van der Waals surface area (Å²) in [5.74, 6) is 1.04. The molecular weight excluding hydrogens is 244 g/mol. The molecule has 1 aliphatic heterocycles. The number of anilines is 2. The van der Waals surface area contributed by atoms with Crippen LogP contribution in [-0.4, -0.2) is 73.2 Å². The van der Waals surface area contributed by atoms with Crippen LogP contribution < -0.4 is 15.8 Å². The third-order valence-electron chi connectivity index (χ3n) is 3.53. The Kier molecular flexibility index (Phi) is 4.39. The third-order valence-corrected chi connectivity index (χ3v) is 3.53. The summed E-state index contributed by atoms with van der Waals surface area (Å²) in [5, 5.41) is 3.28. The van der Waals surface area contributed by atoms with Crippen molar-refractivity contribution in [3.63, 3.8) is 0 Å². The number of aromatic nitrogens is 2. The molecule has 1 saturated heterocycles. The van der Waals surface area contributed by atoms with Crippen LogP contribution in [0, 0.1) is 0 Å². The quantitative estimate of drug-likeness (QED) is 0.776. The Hall–Kier alpha value is -1.60. The number of hydrogen-bond acceptors (Lipinski definition) is 7. The molecule has 1 unspecified atom stereocenters. The minimum atomic E-state index is 0.409. The van der Waals surface area contributed by atoms with Crippen molar-refractivity contribution in [2.24, 2.45) is 0 Å². The molecule has 0 radical (unpaired) electrons. The van der Waals surface area contributed by atoms with E-state index in [4.69, 9.17) is 10.5 Å². The van der Waals surface area contributed by atoms with Crippen LogP contribution in [0.3, 0.4) is 0 Å². The minimum Gasteiger partial charge on any atom is -0.479 e. The molecule has 3 N–H and O–H groups in total. The van der Waals surface area contributed by atoms with Crippen LogP contribution in [0.2, 0.25) is 0 Å². The zero-order valence-corrected chi connectivity index (χ0v) is 11.8. The van der Waals surface area contributed by atoms with Crippen molar-refractivity contribution in [3.8, 4) is 5.88 Å². The first-order valence-corrected chi connectivity index (χ1v) is 6.39. The van der Waals surface area contributed by atoms with Gasteiger partial charge < -0.3 is 20.7 Å². The summed E-state index contributed by atoms with van der Waals surface area (Å²) in [6, 6.07) is 0.444. The summed E-state index contributed by atoms with van der Waals surface area (Å²) in [6.07, 6.45) is 1.45. The zero-order chi connectivity index (χ0) is 13.8. The summed E-state index contributed by atoms with van der Waals surface area (Å²) in [4.78, 5) is 12.8. The fraction of sp³-hybridized carbons (Fsp3) is 0.667. The Bertz CT molecular complexity index is 427. The van der Waals surface area contributed by atoms with Crippen molar-refractivity contribution < 1.29 is 4.74 Å². The molecule has 19 heavy (non-hydrogen) atoms. The number of methoxy groups -OCH3 is 1. The van der Waals surface area contributed by atoms with Gasteiger partial charge in [-0.15, -0.1) is 0 Å². The maximum absolute atomic E-state index is 5.93. The molecule has 2 rings (SSSR count). The van der Waals surface area contributed by atoms with Gasteiger partial charge in [0.15, 0.2) is 5.82 Å². The van der Waals surface area contributed by atoms with Crippen LogP contribution in [0.5, 0.6) is 5.88 Å². The fourth-order valence-corrected chi connectivity index (χ4v) is 2.22. The van der Waals surface area contributed by atoms with Gasteiger partial charge in [-0.3, -0.25) is 4.90 Å². The van der Waals surface area contributed by atoms with Crippen LogP contribution in [0.25, 0.3) is 0 Å². The van der Waals surface area contributed by atoms with Crippen LogP contribution in [0.1, 0.15) is 0 Å². The van der Waals surface area contributed by atoms with E-state index in [0.29, 0.717) is 23.4 Å². The van der Waals surface area contributed by atoms with E-state index in [2.05, 4.69) is 39.2 Å². The molecule has 1 fully saturated rings. The first-order valence-electron chi connectivity index (χ1n) is 6.39. The van der Waals surface area contributed by atoms with E-state index in [1.807, 2.05) is 0 Å². The zero-order valence-electron chi connectivity index (χ0n) is 11.8. The second-order valence-electron chi connectivity index (χ2n) is 4.92. The molecule has 7 heteroatoms. The molecule has 1 atom stereocenters. The van der Waals surface area contributed by atoms with Gasteiger partial charge in [0.05, 0.1) is 7.11 Å². The van der Waals surface area contributed by atoms with Gasteiger partial charge in [0.1, 0.15) is 12.0 Å². The normalized spacial score (nSPS) is 21.3. The molecule has 1 aromatic rings. The van der Waals surface area contributed by atoms with Gasteiger partial charge in [0, 0.05) is 32.2 Å². The van der Waals surface area contributed by atoms with E-state index in [1.54, 1.807) is 7.11 Å². The Morgan fingerprint density at radius 2 is 2.21 bits per heavy atom. The highest BCUT2D eigenvalue weighted by Gasteiger charge is 2.22. The molecule has 106 valence electrons. The molecule has 1 aliphatic rings. The summed E-state index contributed by atoms with van der Waals surface area (Å²) in [7, 11) is 5.83. The summed E-state index contributed by atoms with van der Waals surface area (Å²) >= 11 is 0. The lowest BCUT2D eigenvalue weighted by atomic mass is 10.2. The van der Waals surface area contributed by atoms with E-state index >= 15 is 0 Å². The van der Waals surface area contributed by atoms with E-state index in [-0.39, 0.29) is 0 Å². The van der Waals surface area contributed by atoms with Gasteiger partial charge in [-0.1, -0.05) is 0 Å². The predicted octanol–water partition coefficient (Wildman–Crippen LogP) is -0.275. The van der Waals surface area contributed by atoms with Gasteiger partial charge in [-0.25, -0.2) is 4.98 Å². The molecule has 7 nitrogen and oxygen atoms in total. The maximum Gasteiger partial charge on any atom is 0.242 e. The lowest BCUT2D eigenvalue weighted by molar-refractivity contribution is 0.122. The number of piperazine rings is 1. The number of nitrogen functional groups attached to an aromatic ring is 1. The lowest BCUT2D eigenvalue weighted by Gasteiger charge is -2.37. The molecule has 2 heterocycles. The average Bonchev–Trinajstić information content (AvgIpc) is 2.41. The highest BCUT2D eigenvalue weighted by Crippen LogP contribution is 2.24. The number of ether oxygens (including phenoxy) is 1. The highest BCUT2D eigenvalue weighted by atomic mass is 16.5. The molecule has 0 bridgehead atoms. The van der Waals surface area contributed by atoms with Gasteiger partial charge in [-0.05, 0) is 14.1 Å². The molecule has 1 aromatic heterocycles. The highest BCUT2D eigenvalue weighted by molar-refractivity contribution is 5.66. The lowest BCUT2D eigenvalue weighted by Crippen LogP contribution is -2.52. The standard InChI is InChI=1S/C12H22N6O/c1-17-4-5-18(2)9(7-17)6-14-11-10(13)12(19-3)16-8-15-11/h8-9H,4-7,13H2,1-3H3,(H,14,15,16). The topological polar surface area (TPSA) is 79.5 Å². The molecule has 0 amide bonds. The van der Waals surface area contributed by atoms with Crippen molar-refractivity contribution in [3.05, 3.63) is 6.33 Å². The summed E-state index contributed by atoms with van der Waals surface area (Å²) in [6.45, 7) is 4.01. The van der Waals surface area contributed by atoms with Crippen LogP contribution in [0.4, 0.5) is 11.5 Å². The van der Waals surface area contributed by atoms with Crippen molar-refractivity contribution in [2.45, 2.75) is 6.04 Å². The van der Waals surface area contributed by atoms with E-state index in [1.165, 1.54) is 6.33 Å². The van der Waals surface area contributed by atoms with E-state index < -0.39 is 0 Å². The molecule has 0 spiro atoms. The van der Waals surface area contributed by atoms with Gasteiger partial charge in [-0.2, -0.15) is 4.98 Å².